The van der Waals surface area contributed by atoms with Crippen LogP contribution in [0.2, 0.25) is 5.02 Å². The van der Waals surface area contributed by atoms with Crippen LogP contribution in [0.3, 0.4) is 0 Å². The smallest absolute Gasteiger partial charge is 0.379 e. The van der Waals surface area contributed by atoms with Crippen LogP contribution < -0.4 is 16.2 Å². The molecule has 4 aliphatic heterocycles. The normalized spacial score (nSPS) is 20.4. The molecule has 244 valence electrons. The minimum Gasteiger partial charge on any atom is -0.379 e. The molecule has 1 aromatic carbocycles. The molecule has 12 nitrogen and oxygen atoms in total. The number of carbonyl (C=O) groups excluding carboxylic acids is 2. The zero-order chi connectivity index (χ0) is 32.4. The van der Waals surface area contributed by atoms with E-state index in [9.17, 15) is 27.6 Å². The summed E-state index contributed by atoms with van der Waals surface area (Å²) in [4.78, 5) is 46.8. The summed E-state index contributed by atoms with van der Waals surface area (Å²) in [5.74, 6) is -0.129. The average molecular weight is 662 g/mol. The molecule has 0 saturated carbocycles. The van der Waals surface area contributed by atoms with Gasteiger partial charge in [0.25, 0.3) is 5.56 Å². The Bertz CT molecular complexity index is 1840. The molecular weight excluding hydrogens is 631 g/mol. The number of nitrogens with one attached hydrogen (secondary N) is 2. The largest absolute Gasteiger partial charge is 0.416 e. The van der Waals surface area contributed by atoms with Gasteiger partial charge in [0.05, 0.1) is 52.8 Å². The summed E-state index contributed by atoms with van der Waals surface area (Å²) in [6.07, 6.45) is -1.14. The minimum absolute atomic E-state index is 0.00962. The topological polar surface area (TPSA) is 132 Å². The molecule has 2 fully saturated rings. The van der Waals surface area contributed by atoms with Crippen molar-refractivity contribution in [2.45, 2.75) is 51.1 Å². The van der Waals surface area contributed by atoms with Crippen molar-refractivity contribution in [3.05, 3.63) is 62.3 Å². The number of piperidine rings is 1. The lowest BCUT2D eigenvalue weighted by Crippen LogP contribution is -2.54. The first-order valence-corrected chi connectivity index (χ1v) is 15.4. The molecule has 7 rings (SSSR count). The molecule has 6 heterocycles. The molecule has 4 aliphatic rings. The number of halogens is 4. The molecule has 2 aromatic heterocycles. The van der Waals surface area contributed by atoms with Gasteiger partial charge in [-0.05, 0) is 63.0 Å². The predicted molar refractivity (Wildman–Crippen MR) is 159 cm³/mol. The number of ether oxygens (including phenoxy) is 2. The first-order chi connectivity index (χ1) is 21.9. The van der Waals surface area contributed by atoms with Gasteiger partial charge < -0.3 is 29.6 Å². The Morgan fingerprint density at radius 2 is 1.96 bits per heavy atom. The standard InChI is InChI=1S/C30H31ClF3N7O5/c1-28(15-45-16-28)26(44)39-10-4-17(5-11-39)24-37-27-40(13-22(42)36-20-3-2-18(12-19(20)31)30(32,33)34)21-14-46-29(6-8-35-9-7-29)23(21)25(43)41(27)38-24/h2-4,12,35H,5-11,13-16H2,1H3,(H,36,42). The lowest BCUT2D eigenvalue weighted by molar-refractivity contribution is -0.168. The van der Waals surface area contributed by atoms with Crippen molar-refractivity contribution in [3.8, 4) is 0 Å². The number of hydrogen-bond donors (Lipinski definition) is 2. The maximum Gasteiger partial charge on any atom is 0.416 e. The third-order valence-electron chi connectivity index (χ3n) is 9.22. The van der Waals surface area contributed by atoms with Crippen LogP contribution >= 0.6 is 11.6 Å². The molecular formula is C30H31ClF3N7O5. The second kappa shape index (κ2) is 11.2. The molecule has 0 atom stereocenters. The average Bonchev–Trinajstić information content (AvgIpc) is 3.62. The lowest BCUT2D eigenvalue weighted by Gasteiger charge is -2.41. The fraction of sp³-hybridized carbons (Fsp3) is 0.500. The summed E-state index contributed by atoms with van der Waals surface area (Å²) in [7, 11) is 0. The van der Waals surface area contributed by atoms with Gasteiger partial charge in [-0.15, -0.1) is 5.10 Å². The fourth-order valence-corrected chi connectivity index (χ4v) is 6.84. The van der Waals surface area contributed by atoms with E-state index in [4.69, 9.17) is 26.1 Å². The first-order valence-electron chi connectivity index (χ1n) is 15.0. The van der Waals surface area contributed by atoms with Crippen molar-refractivity contribution < 1.29 is 32.2 Å². The quantitative estimate of drug-likeness (QED) is 0.427. The number of nitrogens with zero attached hydrogens (tertiary/aromatic N) is 5. The van der Waals surface area contributed by atoms with E-state index in [1.165, 1.54) is 4.52 Å². The first kappa shape index (κ1) is 30.8. The van der Waals surface area contributed by atoms with Gasteiger partial charge in [-0.25, -0.2) is 0 Å². The van der Waals surface area contributed by atoms with E-state index >= 15 is 0 Å². The number of carbonyl (C=O) groups is 2. The monoisotopic (exact) mass is 661 g/mol. The molecule has 0 radical (unpaired) electrons. The Hall–Kier alpha value is -3.79. The Balaban J connectivity index is 1.23. The number of fused-ring (bicyclic) bond motifs is 3. The maximum atomic E-state index is 14.0. The van der Waals surface area contributed by atoms with Crippen LogP contribution in [0.5, 0.6) is 0 Å². The highest BCUT2D eigenvalue weighted by Gasteiger charge is 2.46. The second-order valence-corrected chi connectivity index (χ2v) is 12.8. The summed E-state index contributed by atoms with van der Waals surface area (Å²) >= 11 is 6.09. The molecule has 2 amide bonds. The molecule has 16 heteroatoms. The SMILES string of the molecule is CC1(C(=O)N2CC=C(c3nc4n(CC(=O)Nc5ccc(C(F)(F)F)cc5Cl)c5c(c(=O)n4n3)C3(CCNCC3)OC5)CC2)COC1. The zero-order valence-electron chi connectivity index (χ0n) is 24.9. The van der Waals surface area contributed by atoms with E-state index in [1.807, 2.05) is 13.0 Å². The number of alkyl halides is 3. The van der Waals surface area contributed by atoms with Crippen LogP contribution in [-0.4, -0.2) is 75.3 Å². The van der Waals surface area contributed by atoms with Crippen molar-refractivity contribution >= 4 is 40.5 Å². The summed E-state index contributed by atoms with van der Waals surface area (Å²) in [6.45, 7) is 4.50. The van der Waals surface area contributed by atoms with E-state index in [1.54, 1.807) is 9.47 Å². The molecule has 0 bridgehead atoms. The molecule has 0 aliphatic carbocycles. The number of benzene rings is 1. The van der Waals surface area contributed by atoms with Gasteiger partial charge >= 0.3 is 6.18 Å². The van der Waals surface area contributed by atoms with Gasteiger partial charge in [-0.3, -0.25) is 14.4 Å². The van der Waals surface area contributed by atoms with Gasteiger partial charge in [-0.2, -0.15) is 22.7 Å². The number of hydrogen-bond acceptors (Lipinski definition) is 8. The molecule has 1 spiro atoms. The van der Waals surface area contributed by atoms with Gasteiger partial charge in [0.2, 0.25) is 17.6 Å². The zero-order valence-corrected chi connectivity index (χ0v) is 25.6. The van der Waals surface area contributed by atoms with Crippen molar-refractivity contribution in [3.63, 3.8) is 0 Å². The molecule has 46 heavy (non-hydrogen) atoms. The third-order valence-corrected chi connectivity index (χ3v) is 9.53. The van der Waals surface area contributed by atoms with Crippen molar-refractivity contribution in [1.29, 1.82) is 0 Å². The van der Waals surface area contributed by atoms with Crippen molar-refractivity contribution in [1.82, 2.24) is 29.4 Å². The summed E-state index contributed by atoms with van der Waals surface area (Å²) in [6, 6.07) is 2.68. The Labute approximate surface area is 265 Å². The third kappa shape index (κ3) is 5.18. The van der Waals surface area contributed by atoms with E-state index in [0.717, 1.165) is 23.8 Å². The number of aromatic nitrogens is 4. The van der Waals surface area contributed by atoms with Crippen LogP contribution in [0.15, 0.2) is 29.1 Å². The number of anilines is 1. The summed E-state index contributed by atoms with van der Waals surface area (Å²) in [5.41, 5.74) is -0.990. The Kier molecular flexibility index (Phi) is 7.49. The Morgan fingerprint density at radius 1 is 1.20 bits per heavy atom. The number of rotatable bonds is 5. The van der Waals surface area contributed by atoms with Crippen molar-refractivity contribution in [2.75, 3.05) is 44.7 Å². The molecule has 2 saturated heterocycles. The summed E-state index contributed by atoms with van der Waals surface area (Å²) < 4.78 is 53.7. The highest BCUT2D eigenvalue weighted by molar-refractivity contribution is 6.33. The lowest BCUT2D eigenvalue weighted by atomic mass is 9.86. The highest BCUT2D eigenvalue weighted by atomic mass is 35.5. The van der Waals surface area contributed by atoms with Crippen LogP contribution in [0, 0.1) is 5.41 Å². The van der Waals surface area contributed by atoms with E-state index in [0.29, 0.717) is 75.7 Å². The van der Waals surface area contributed by atoms with Gasteiger partial charge in [0, 0.05) is 13.1 Å². The minimum atomic E-state index is -4.59. The predicted octanol–water partition coefficient (Wildman–Crippen LogP) is 2.96. The van der Waals surface area contributed by atoms with Gasteiger partial charge in [0.15, 0.2) is 5.82 Å². The van der Waals surface area contributed by atoms with Gasteiger partial charge in [-0.1, -0.05) is 17.7 Å². The van der Waals surface area contributed by atoms with Crippen LogP contribution in [0.1, 0.15) is 48.8 Å². The van der Waals surface area contributed by atoms with E-state index in [2.05, 4.69) is 15.7 Å². The van der Waals surface area contributed by atoms with Crippen LogP contribution in [0.4, 0.5) is 18.9 Å². The van der Waals surface area contributed by atoms with Crippen molar-refractivity contribution in [2.24, 2.45) is 5.41 Å². The molecule has 3 aromatic rings. The Morgan fingerprint density at radius 3 is 2.59 bits per heavy atom. The number of amides is 2. The maximum absolute atomic E-state index is 14.0. The van der Waals surface area contributed by atoms with E-state index in [-0.39, 0.29) is 41.1 Å². The second-order valence-electron chi connectivity index (χ2n) is 12.4. The molecule has 2 N–H and O–H groups in total. The van der Waals surface area contributed by atoms with E-state index < -0.39 is 28.7 Å². The fourth-order valence-electron chi connectivity index (χ4n) is 6.61. The highest BCUT2D eigenvalue weighted by Crippen LogP contribution is 2.41. The van der Waals surface area contributed by atoms with Crippen LogP contribution in [-0.2, 0) is 44.0 Å². The summed E-state index contributed by atoms with van der Waals surface area (Å²) in [5, 5.41) is 10.2. The molecule has 0 unspecified atom stereocenters. The van der Waals surface area contributed by atoms with Gasteiger partial charge in [0.1, 0.15) is 12.1 Å². The van der Waals surface area contributed by atoms with Crippen LogP contribution in [0.25, 0.3) is 11.4 Å².